The van der Waals surface area contributed by atoms with Gasteiger partial charge in [-0.05, 0) is 31.7 Å². The third kappa shape index (κ3) is 3.18. The first-order chi connectivity index (χ1) is 9.33. The average molecular weight is 264 g/mol. The maximum absolute atomic E-state index is 9.97. The molecule has 0 aromatic carbocycles. The van der Waals surface area contributed by atoms with Crippen molar-refractivity contribution in [2.45, 2.75) is 57.1 Å². The largest absolute Gasteiger partial charge is 0.393 e. The Morgan fingerprint density at radius 1 is 1.26 bits per heavy atom. The van der Waals surface area contributed by atoms with E-state index in [4.69, 9.17) is 9.84 Å². The van der Waals surface area contributed by atoms with Gasteiger partial charge < -0.3 is 9.84 Å². The van der Waals surface area contributed by atoms with Crippen LogP contribution in [0.3, 0.4) is 0 Å². The van der Waals surface area contributed by atoms with Crippen molar-refractivity contribution in [3.05, 3.63) is 18.0 Å². The minimum absolute atomic E-state index is 0.212. The number of aromatic nitrogens is 2. The SMILES string of the molecule is OC1CCOCC1Cc1ccn(C2CCCCC2)n1. The van der Waals surface area contributed by atoms with Crippen molar-refractivity contribution in [3.63, 3.8) is 0 Å². The van der Waals surface area contributed by atoms with Gasteiger partial charge in [0.15, 0.2) is 0 Å². The van der Waals surface area contributed by atoms with Crippen LogP contribution in [0.2, 0.25) is 0 Å². The van der Waals surface area contributed by atoms with Gasteiger partial charge in [0.2, 0.25) is 0 Å². The lowest BCUT2D eigenvalue weighted by Gasteiger charge is -2.27. The monoisotopic (exact) mass is 264 g/mol. The van der Waals surface area contributed by atoms with Gasteiger partial charge in [0, 0.05) is 18.7 Å². The Kier molecular flexibility index (Phi) is 4.18. The second-order valence-corrected chi connectivity index (χ2v) is 5.97. The summed E-state index contributed by atoms with van der Waals surface area (Å²) in [6, 6.07) is 2.70. The minimum atomic E-state index is -0.228. The summed E-state index contributed by atoms with van der Waals surface area (Å²) in [4.78, 5) is 0. The van der Waals surface area contributed by atoms with E-state index < -0.39 is 0 Å². The molecule has 1 aliphatic carbocycles. The molecule has 19 heavy (non-hydrogen) atoms. The lowest BCUT2D eigenvalue weighted by atomic mass is 9.94. The van der Waals surface area contributed by atoms with Crippen molar-refractivity contribution in [2.24, 2.45) is 5.92 Å². The van der Waals surface area contributed by atoms with Crippen LogP contribution in [0.5, 0.6) is 0 Å². The third-order valence-corrected chi connectivity index (χ3v) is 4.52. The van der Waals surface area contributed by atoms with E-state index in [1.54, 1.807) is 0 Å². The number of aliphatic hydroxyl groups excluding tert-OH is 1. The molecule has 2 aliphatic rings. The van der Waals surface area contributed by atoms with Crippen LogP contribution >= 0.6 is 0 Å². The van der Waals surface area contributed by atoms with Gasteiger partial charge in [0.1, 0.15) is 0 Å². The summed E-state index contributed by atoms with van der Waals surface area (Å²) in [7, 11) is 0. The van der Waals surface area contributed by atoms with Crippen molar-refractivity contribution in [2.75, 3.05) is 13.2 Å². The van der Waals surface area contributed by atoms with Crippen molar-refractivity contribution >= 4 is 0 Å². The Labute approximate surface area is 114 Å². The number of ether oxygens (including phenoxy) is 1. The molecule has 2 atom stereocenters. The molecule has 1 saturated heterocycles. The van der Waals surface area contributed by atoms with Gasteiger partial charge in [0.05, 0.1) is 24.4 Å². The molecule has 2 unspecified atom stereocenters. The molecule has 2 heterocycles. The summed E-state index contributed by atoms with van der Waals surface area (Å²) in [6.45, 7) is 1.35. The molecule has 1 N–H and O–H groups in total. The summed E-state index contributed by atoms with van der Waals surface area (Å²) in [5.74, 6) is 0.212. The Morgan fingerprint density at radius 2 is 2.11 bits per heavy atom. The molecule has 0 bridgehead atoms. The highest BCUT2D eigenvalue weighted by Crippen LogP contribution is 2.28. The fourth-order valence-electron chi connectivity index (χ4n) is 3.28. The van der Waals surface area contributed by atoms with Crippen LogP contribution in [-0.4, -0.2) is 34.2 Å². The zero-order chi connectivity index (χ0) is 13.1. The normalized spacial score (nSPS) is 29.5. The van der Waals surface area contributed by atoms with Crippen molar-refractivity contribution in [3.8, 4) is 0 Å². The van der Waals surface area contributed by atoms with Crippen molar-refractivity contribution < 1.29 is 9.84 Å². The molecule has 0 radical (unpaired) electrons. The van der Waals surface area contributed by atoms with Crippen LogP contribution in [0.1, 0.15) is 50.3 Å². The standard InChI is InChI=1S/C15H24N2O2/c18-15-7-9-19-11-12(15)10-13-6-8-17(16-13)14-4-2-1-3-5-14/h6,8,12,14-15,18H,1-5,7,9-11H2. The number of hydrogen-bond donors (Lipinski definition) is 1. The lowest BCUT2D eigenvalue weighted by molar-refractivity contribution is -0.0354. The average Bonchev–Trinajstić information content (AvgIpc) is 2.91. The summed E-state index contributed by atoms with van der Waals surface area (Å²) >= 11 is 0. The van der Waals surface area contributed by atoms with E-state index in [1.165, 1.54) is 32.1 Å². The summed E-state index contributed by atoms with van der Waals surface area (Å²) in [5.41, 5.74) is 1.10. The van der Waals surface area contributed by atoms with E-state index in [1.807, 2.05) is 0 Å². The molecule has 106 valence electrons. The van der Waals surface area contributed by atoms with Crippen LogP contribution in [0.25, 0.3) is 0 Å². The zero-order valence-corrected chi connectivity index (χ0v) is 11.5. The molecule has 2 fully saturated rings. The quantitative estimate of drug-likeness (QED) is 0.911. The molecule has 3 rings (SSSR count). The van der Waals surface area contributed by atoms with Gasteiger partial charge in [-0.1, -0.05) is 19.3 Å². The molecular formula is C15H24N2O2. The predicted octanol–water partition coefficient (Wildman–Crippen LogP) is 2.33. The smallest absolute Gasteiger partial charge is 0.0629 e. The van der Waals surface area contributed by atoms with E-state index in [-0.39, 0.29) is 12.0 Å². The molecule has 1 aromatic rings. The van der Waals surface area contributed by atoms with Crippen LogP contribution in [0.15, 0.2) is 12.3 Å². The number of aliphatic hydroxyl groups is 1. The van der Waals surface area contributed by atoms with Gasteiger partial charge in [-0.3, -0.25) is 4.68 Å². The lowest BCUT2D eigenvalue weighted by Crippen LogP contribution is -2.33. The Balaban J connectivity index is 1.60. The van der Waals surface area contributed by atoms with Crippen LogP contribution in [0, 0.1) is 5.92 Å². The van der Waals surface area contributed by atoms with Crippen LogP contribution in [0.4, 0.5) is 0 Å². The van der Waals surface area contributed by atoms with E-state index in [0.29, 0.717) is 19.3 Å². The van der Waals surface area contributed by atoms with Crippen molar-refractivity contribution in [1.29, 1.82) is 0 Å². The first kappa shape index (κ1) is 13.1. The van der Waals surface area contributed by atoms with Gasteiger partial charge in [-0.2, -0.15) is 5.10 Å². The number of hydrogen-bond acceptors (Lipinski definition) is 3. The molecule has 4 nitrogen and oxygen atoms in total. The van der Waals surface area contributed by atoms with Gasteiger partial charge >= 0.3 is 0 Å². The highest BCUT2D eigenvalue weighted by atomic mass is 16.5. The maximum Gasteiger partial charge on any atom is 0.0629 e. The number of rotatable bonds is 3. The van der Waals surface area contributed by atoms with Crippen LogP contribution in [-0.2, 0) is 11.2 Å². The summed E-state index contributed by atoms with van der Waals surface area (Å²) < 4.78 is 7.60. The summed E-state index contributed by atoms with van der Waals surface area (Å²) in [6.07, 6.45) is 10.0. The van der Waals surface area contributed by atoms with E-state index in [2.05, 4.69) is 16.9 Å². The van der Waals surface area contributed by atoms with Gasteiger partial charge in [0.25, 0.3) is 0 Å². The zero-order valence-electron chi connectivity index (χ0n) is 11.5. The van der Waals surface area contributed by atoms with E-state index in [0.717, 1.165) is 18.5 Å². The highest BCUT2D eigenvalue weighted by Gasteiger charge is 2.25. The third-order valence-electron chi connectivity index (χ3n) is 4.52. The van der Waals surface area contributed by atoms with Gasteiger partial charge in [-0.25, -0.2) is 0 Å². The first-order valence-corrected chi connectivity index (χ1v) is 7.63. The molecule has 1 saturated carbocycles. The number of nitrogens with zero attached hydrogens (tertiary/aromatic N) is 2. The Hall–Kier alpha value is -0.870. The molecule has 0 amide bonds. The Morgan fingerprint density at radius 3 is 2.89 bits per heavy atom. The molecule has 1 aliphatic heterocycles. The first-order valence-electron chi connectivity index (χ1n) is 7.63. The Bertz CT molecular complexity index is 399. The van der Waals surface area contributed by atoms with E-state index in [9.17, 15) is 5.11 Å². The van der Waals surface area contributed by atoms with Crippen LogP contribution < -0.4 is 0 Å². The topological polar surface area (TPSA) is 47.3 Å². The van der Waals surface area contributed by atoms with Crippen molar-refractivity contribution in [1.82, 2.24) is 9.78 Å². The molecule has 1 aromatic heterocycles. The molecular weight excluding hydrogens is 240 g/mol. The fraction of sp³-hybridized carbons (Fsp3) is 0.800. The highest BCUT2D eigenvalue weighted by molar-refractivity contribution is 5.02. The minimum Gasteiger partial charge on any atom is -0.393 e. The summed E-state index contributed by atoms with van der Waals surface area (Å²) in [5, 5.41) is 14.7. The second kappa shape index (κ2) is 6.06. The second-order valence-electron chi connectivity index (χ2n) is 5.97. The fourth-order valence-corrected chi connectivity index (χ4v) is 3.28. The maximum atomic E-state index is 9.97. The molecule has 4 heteroatoms. The molecule has 0 spiro atoms. The van der Waals surface area contributed by atoms with Gasteiger partial charge in [-0.15, -0.1) is 0 Å². The van der Waals surface area contributed by atoms with E-state index >= 15 is 0 Å². The predicted molar refractivity (Wildman–Crippen MR) is 73.0 cm³/mol.